The van der Waals surface area contributed by atoms with Crippen LogP contribution in [0.5, 0.6) is 0 Å². The summed E-state index contributed by atoms with van der Waals surface area (Å²) in [4.78, 5) is 13.3. The van der Waals surface area contributed by atoms with Crippen LogP contribution in [0.2, 0.25) is 11.6 Å². The summed E-state index contributed by atoms with van der Waals surface area (Å²) >= 11 is 0. The zero-order valence-corrected chi connectivity index (χ0v) is 11.0. The van der Waals surface area contributed by atoms with E-state index in [-0.39, 0.29) is 17.0 Å². The zero-order valence-electron chi connectivity index (χ0n) is 9.83. The molecule has 0 saturated carbocycles. The second-order valence-electron chi connectivity index (χ2n) is 5.01. The van der Waals surface area contributed by atoms with E-state index < -0.39 is 9.04 Å². The maximum Gasteiger partial charge on any atom is 0.252 e. The first-order valence-electron chi connectivity index (χ1n) is 5.30. The highest BCUT2D eigenvalue weighted by Gasteiger charge is 2.39. The van der Waals surface area contributed by atoms with Gasteiger partial charge in [-0.25, -0.2) is 0 Å². The number of likely N-dealkylation sites (N-methyl/N-ethyl adjacent to an activating group) is 1. The molecule has 4 heteroatoms. The smallest absolute Gasteiger partial charge is 0.252 e. The summed E-state index contributed by atoms with van der Waals surface area (Å²) in [5, 5.41) is 0.243. The van der Waals surface area contributed by atoms with Gasteiger partial charge in [0.25, 0.3) is 5.91 Å². The Morgan fingerprint density at radius 1 is 1.57 bits per heavy atom. The van der Waals surface area contributed by atoms with Crippen LogP contribution in [-0.4, -0.2) is 39.0 Å². The van der Waals surface area contributed by atoms with Gasteiger partial charge in [-0.1, -0.05) is 20.8 Å². The van der Waals surface area contributed by atoms with Crippen molar-refractivity contribution in [3.63, 3.8) is 0 Å². The van der Waals surface area contributed by atoms with Crippen molar-refractivity contribution >= 4 is 14.9 Å². The monoisotopic (exact) mass is 215 g/mol. The number of amides is 1. The van der Waals surface area contributed by atoms with E-state index in [2.05, 4.69) is 27.3 Å². The molecule has 14 heavy (non-hydrogen) atoms. The lowest BCUT2D eigenvalue weighted by Gasteiger charge is -2.40. The molecular formula is C10H21NO2Si. The van der Waals surface area contributed by atoms with Gasteiger partial charge in [0, 0.05) is 6.54 Å². The van der Waals surface area contributed by atoms with E-state index in [9.17, 15) is 4.79 Å². The van der Waals surface area contributed by atoms with Gasteiger partial charge in [0.2, 0.25) is 0 Å². The topological polar surface area (TPSA) is 29.5 Å². The number of likely N-dealkylation sites (tertiary alicyclic amines) is 1. The second kappa shape index (κ2) is 4.02. The van der Waals surface area contributed by atoms with Crippen LogP contribution in [0.3, 0.4) is 0 Å². The van der Waals surface area contributed by atoms with Gasteiger partial charge >= 0.3 is 0 Å². The Labute approximate surface area is 88.2 Å². The lowest BCUT2D eigenvalue weighted by molar-refractivity contribution is -0.153. The third-order valence-electron chi connectivity index (χ3n) is 2.94. The van der Waals surface area contributed by atoms with Gasteiger partial charge in [0.15, 0.2) is 9.04 Å². The first-order valence-corrected chi connectivity index (χ1v) is 7.51. The molecule has 0 spiro atoms. The highest BCUT2D eigenvalue weighted by Crippen LogP contribution is 2.29. The van der Waals surface area contributed by atoms with Gasteiger partial charge in [-0.05, 0) is 18.5 Å². The van der Waals surface area contributed by atoms with E-state index >= 15 is 0 Å². The molecule has 0 aromatic carbocycles. The zero-order chi connectivity index (χ0) is 10.9. The number of hydrogen-bond donors (Lipinski definition) is 0. The van der Waals surface area contributed by atoms with Crippen LogP contribution in [0, 0.1) is 0 Å². The molecule has 0 radical (unpaired) electrons. The van der Waals surface area contributed by atoms with Gasteiger partial charge in [0.1, 0.15) is 6.10 Å². The van der Waals surface area contributed by atoms with Crippen molar-refractivity contribution < 1.29 is 9.22 Å². The summed E-state index contributed by atoms with van der Waals surface area (Å²) in [5.74, 6) is 0.177. The maximum atomic E-state index is 11.5. The van der Waals surface area contributed by atoms with Crippen molar-refractivity contribution in [3.05, 3.63) is 0 Å². The summed E-state index contributed by atoms with van der Waals surface area (Å²) < 4.78 is 5.84. The molecule has 0 N–H and O–H groups in total. The van der Waals surface area contributed by atoms with E-state index in [1.54, 1.807) is 0 Å². The predicted octanol–water partition coefficient (Wildman–Crippen LogP) is 1.39. The molecule has 1 saturated heterocycles. The Kier molecular flexibility index (Phi) is 3.37. The number of nitrogens with zero attached hydrogens (tertiary/aromatic N) is 1. The van der Waals surface area contributed by atoms with E-state index in [1.165, 1.54) is 0 Å². The standard InChI is InChI=1S/C10H21NO2Si/c1-6-11-7-8(9(11)12)13-14(5)10(2,3)4/h8,14H,6-7H2,1-5H3. The maximum absolute atomic E-state index is 11.5. The SMILES string of the molecule is CCN1CC(O[SiH](C)C(C)(C)C)C1=O. The van der Waals surface area contributed by atoms with Gasteiger partial charge in [-0.3, -0.25) is 4.79 Å². The number of β-lactam (4-membered cyclic amide) rings is 1. The molecule has 1 aliphatic heterocycles. The van der Waals surface area contributed by atoms with Crippen molar-refractivity contribution in [3.8, 4) is 0 Å². The third-order valence-corrected chi connectivity index (χ3v) is 6.12. The Morgan fingerprint density at radius 2 is 2.14 bits per heavy atom. The van der Waals surface area contributed by atoms with E-state index in [4.69, 9.17) is 4.43 Å². The molecule has 1 aliphatic rings. The summed E-state index contributed by atoms with van der Waals surface area (Å²) in [5.41, 5.74) is 0. The molecular weight excluding hydrogens is 194 g/mol. The van der Waals surface area contributed by atoms with Crippen molar-refractivity contribution in [1.82, 2.24) is 4.90 Å². The molecule has 1 rings (SSSR count). The molecule has 3 nitrogen and oxygen atoms in total. The van der Waals surface area contributed by atoms with Gasteiger partial charge in [0.05, 0.1) is 6.54 Å². The largest absolute Gasteiger partial charge is 0.407 e. The Balaban J connectivity index is 2.38. The molecule has 2 unspecified atom stereocenters. The second-order valence-corrected chi connectivity index (χ2v) is 8.30. The van der Waals surface area contributed by atoms with Crippen molar-refractivity contribution in [2.45, 2.75) is 45.4 Å². The lowest BCUT2D eigenvalue weighted by atomic mass is 10.1. The third kappa shape index (κ3) is 2.36. The molecule has 0 aromatic heterocycles. The van der Waals surface area contributed by atoms with Crippen LogP contribution < -0.4 is 0 Å². The molecule has 0 bridgehead atoms. The molecule has 82 valence electrons. The molecule has 1 fully saturated rings. The average Bonchev–Trinajstić information content (AvgIpc) is 2.08. The molecule has 2 atom stereocenters. The Bertz CT molecular complexity index is 225. The van der Waals surface area contributed by atoms with Crippen LogP contribution in [0.4, 0.5) is 0 Å². The van der Waals surface area contributed by atoms with Crippen molar-refractivity contribution in [2.24, 2.45) is 0 Å². The fraction of sp³-hybridized carbons (Fsp3) is 0.900. The van der Waals surface area contributed by atoms with Crippen LogP contribution in [0.25, 0.3) is 0 Å². The fourth-order valence-electron chi connectivity index (χ4n) is 1.30. The van der Waals surface area contributed by atoms with Gasteiger partial charge in [-0.15, -0.1) is 0 Å². The van der Waals surface area contributed by atoms with Crippen LogP contribution in [-0.2, 0) is 9.22 Å². The first kappa shape index (κ1) is 11.7. The molecule has 0 aromatic rings. The summed E-state index contributed by atoms with van der Waals surface area (Å²) in [7, 11) is -1.24. The minimum atomic E-state index is -1.24. The van der Waals surface area contributed by atoms with Gasteiger partial charge in [-0.2, -0.15) is 0 Å². The average molecular weight is 215 g/mol. The molecule has 0 aliphatic carbocycles. The number of carbonyl (C=O) groups is 1. The normalized spacial score (nSPS) is 24.8. The number of hydrogen-bond acceptors (Lipinski definition) is 2. The summed E-state index contributed by atoms with van der Waals surface area (Å²) in [6, 6.07) is 0. The van der Waals surface area contributed by atoms with E-state index in [0.29, 0.717) is 0 Å². The molecule has 1 heterocycles. The highest BCUT2D eigenvalue weighted by atomic mass is 28.3. The van der Waals surface area contributed by atoms with E-state index in [0.717, 1.165) is 13.1 Å². The van der Waals surface area contributed by atoms with Crippen molar-refractivity contribution in [1.29, 1.82) is 0 Å². The van der Waals surface area contributed by atoms with E-state index in [1.807, 2.05) is 11.8 Å². The first-order chi connectivity index (χ1) is 6.36. The Hall–Kier alpha value is -0.353. The summed E-state index contributed by atoms with van der Waals surface area (Å²) in [6.07, 6.45) is -0.129. The predicted molar refractivity (Wildman–Crippen MR) is 59.9 cm³/mol. The van der Waals surface area contributed by atoms with Crippen LogP contribution in [0.15, 0.2) is 0 Å². The number of carbonyl (C=O) groups excluding carboxylic acids is 1. The van der Waals surface area contributed by atoms with Crippen LogP contribution in [0.1, 0.15) is 27.7 Å². The minimum Gasteiger partial charge on any atom is -0.407 e. The number of rotatable bonds is 3. The quantitative estimate of drug-likeness (QED) is 0.526. The highest BCUT2D eigenvalue weighted by molar-refractivity contribution is 6.54. The lowest BCUT2D eigenvalue weighted by Crippen LogP contribution is -2.59. The minimum absolute atomic E-state index is 0.129. The van der Waals surface area contributed by atoms with Crippen molar-refractivity contribution in [2.75, 3.05) is 13.1 Å². The molecule has 1 amide bonds. The Morgan fingerprint density at radius 3 is 2.50 bits per heavy atom. The van der Waals surface area contributed by atoms with Gasteiger partial charge < -0.3 is 9.33 Å². The summed E-state index contributed by atoms with van der Waals surface area (Å²) in [6.45, 7) is 12.3. The van der Waals surface area contributed by atoms with Crippen LogP contribution >= 0.6 is 0 Å². The fourth-order valence-corrected chi connectivity index (χ4v) is 2.40.